The van der Waals surface area contributed by atoms with E-state index in [9.17, 15) is 22.8 Å². The van der Waals surface area contributed by atoms with Gasteiger partial charge in [0.2, 0.25) is 5.56 Å². The molecule has 1 aromatic heterocycles. The van der Waals surface area contributed by atoms with Crippen LogP contribution in [0.2, 0.25) is 0 Å². The number of anilines is 2. The number of halogens is 3. The van der Waals surface area contributed by atoms with E-state index in [1.54, 1.807) is 17.9 Å². The summed E-state index contributed by atoms with van der Waals surface area (Å²) in [4.78, 5) is 31.1. The second-order valence-corrected chi connectivity index (χ2v) is 8.24. The Hall–Kier alpha value is -2.77. The van der Waals surface area contributed by atoms with Crippen LogP contribution in [0.4, 0.5) is 24.5 Å². The van der Waals surface area contributed by atoms with Crippen LogP contribution in [0.1, 0.15) is 54.2 Å². The van der Waals surface area contributed by atoms with Crippen molar-refractivity contribution in [1.82, 2.24) is 4.98 Å². The second kappa shape index (κ2) is 7.49. The number of aromatic nitrogens is 1. The van der Waals surface area contributed by atoms with Gasteiger partial charge in [-0.15, -0.1) is 0 Å². The van der Waals surface area contributed by atoms with Crippen LogP contribution in [0.15, 0.2) is 35.1 Å². The molecule has 5 nitrogen and oxygen atoms in total. The summed E-state index contributed by atoms with van der Waals surface area (Å²) < 4.78 is 40.2. The lowest BCUT2D eigenvalue weighted by atomic mass is 9.84. The summed E-state index contributed by atoms with van der Waals surface area (Å²) in [6.45, 7) is 3.97. The smallest absolute Gasteiger partial charge is 0.349 e. The van der Waals surface area contributed by atoms with Crippen LogP contribution in [-0.2, 0) is 6.18 Å². The number of fused-ring (bicyclic) bond motifs is 1. The molecule has 0 unspecified atom stereocenters. The van der Waals surface area contributed by atoms with Crippen molar-refractivity contribution in [2.45, 2.75) is 51.7 Å². The molecule has 160 valence electrons. The predicted molar refractivity (Wildman–Crippen MR) is 109 cm³/mol. The summed E-state index contributed by atoms with van der Waals surface area (Å²) >= 11 is 0. The molecule has 2 aliphatic rings. The Morgan fingerprint density at radius 1 is 1.03 bits per heavy atom. The quantitative estimate of drug-likeness (QED) is 0.767. The van der Waals surface area contributed by atoms with Crippen LogP contribution in [0.25, 0.3) is 0 Å². The second-order valence-electron chi connectivity index (χ2n) is 8.24. The minimum Gasteiger partial charge on any atom is -0.349 e. The number of benzene rings is 1. The number of alkyl halides is 3. The van der Waals surface area contributed by atoms with E-state index in [-0.39, 0.29) is 29.7 Å². The van der Waals surface area contributed by atoms with Crippen molar-refractivity contribution in [1.29, 1.82) is 0 Å². The lowest BCUT2D eigenvalue weighted by molar-refractivity contribution is -0.137. The summed E-state index contributed by atoms with van der Waals surface area (Å²) in [7, 11) is 0. The zero-order valence-electron chi connectivity index (χ0n) is 16.9. The molecule has 0 radical (unpaired) electrons. The molecule has 0 bridgehead atoms. The van der Waals surface area contributed by atoms with Gasteiger partial charge in [-0.25, -0.2) is 0 Å². The van der Waals surface area contributed by atoms with E-state index in [2.05, 4.69) is 11.9 Å². The summed E-state index contributed by atoms with van der Waals surface area (Å²) in [6.07, 6.45) is -0.507. The first-order valence-corrected chi connectivity index (χ1v) is 10.2. The van der Waals surface area contributed by atoms with Gasteiger partial charge in [0.15, 0.2) is 0 Å². The van der Waals surface area contributed by atoms with Crippen molar-refractivity contribution < 1.29 is 18.0 Å². The van der Waals surface area contributed by atoms with Crippen LogP contribution < -0.4 is 15.4 Å². The molecule has 30 heavy (non-hydrogen) atoms. The van der Waals surface area contributed by atoms with Crippen molar-refractivity contribution in [2.75, 3.05) is 16.5 Å². The average molecular weight is 419 g/mol. The molecule has 1 aromatic carbocycles. The Morgan fingerprint density at radius 3 is 2.43 bits per heavy atom. The normalized spacial score (nSPS) is 22.2. The minimum atomic E-state index is -4.48. The zero-order chi connectivity index (χ0) is 21.6. The number of hydrogen-bond donors (Lipinski definition) is 1. The molecular weight excluding hydrogens is 395 g/mol. The number of pyridine rings is 1. The molecule has 1 N–H and O–H groups in total. The zero-order valence-corrected chi connectivity index (χ0v) is 16.9. The molecular formula is C22H24F3N3O2. The van der Waals surface area contributed by atoms with Crippen molar-refractivity contribution in [3.63, 3.8) is 0 Å². The Kier molecular flexibility index (Phi) is 5.11. The molecule has 2 heterocycles. The summed E-state index contributed by atoms with van der Waals surface area (Å²) in [5.74, 6) is -0.0681. The molecule has 0 saturated heterocycles. The van der Waals surface area contributed by atoms with Gasteiger partial charge in [0.05, 0.1) is 29.2 Å². The topological polar surface area (TPSA) is 56.4 Å². The molecule has 8 heteroatoms. The monoisotopic (exact) mass is 419 g/mol. The first-order valence-electron chi connectivity index (χ1n) is 10.2. The Bertz CT molecular complexity index is 1030. The number of carbonyl (C=O) groups is 1. The van der Waals surface area contributed by atoms with Gasteiger partial charge < -0.3 is 9.88 Å². The molecule has 1 aliphatic heterocycles. The average Bonchev–Trinajstić information content (AvgIpc) is 2.69. The van der Waals surface area contributed by atoms with Crippen LogP contribution >= 0.6 is 0 Å². The third-order valence-electron chi connectivity index (χ3n) is 6.25. The van der Waals surface area contributed by atoms with Gasteiger partial charge in [0.25, 0.3) is 5.91 Å². The van der Waals surface area contributed by atoms with Gasteiger partial charge in [-0.05, 0) is 49.9 Å². The van der Waals surface area contributed by atoms with Crippen molar-refractivity contribution in [3.05, 3.63) is 57.5 Å². The fourth-order valence-corrected chi connectivity index (χ4v) is 4.66. The van der Waals surface area contributed by atoms with Crippen LogP contribution in [0, 0.1) is 12.8 Å². The van der Waals surface area contributed by atoms with E-state index in [0.717, 1.165) is 37.8 Å². The highest BCUT2D eigenvalue weighted by atomic mass is 19.4. The van der Waals surface area contributed by atoms with Crippen LogP contribution in [-0.4, -0.2) is 23.6 Å². The Balaban J connectivity index is 1.84. The van der Waals surface area contributed by atoms with Gasteiger partial charge in [-0.2, -0.15) is 13.2 Å². The first kappa shape index (κ1) is 20.5. The van der Waals surface area contributed by atoms with Crippen LogP contribution in [0.3, 0.4) is 0 Å². The van der Waals surface area contributed by atoms with E-state index < -0.39 is 11.7 Å². The third kappa shape index (κ3) is 3.59. The number of amides is 1. The molecule has 1 fully saturated rings. The molecule has 1 saturated carbocycles. The highest BCUT2D eigenvalue weighted by Gasteiger charge is 2.39. The fourth-order valence-electron chi connectivity index (χ4n) is 4.66. The predicted octanol–water partition coefficient (Wildman–Crippen LogP) is 4.71. The number of H-pyrrole nitrogens is 1. The number of hydrogen-bond acceptors (Lipinski definition) is 3. The number of aryl methyl sites for hydroxylation is 1. The van der Waals surface area contributed by atoms with Gasteiger partial charge in [0.1, 0.15) is 0 Å². The van der Waals surface area contributed by atoms with Crippen molar-refractivity contribution in [2.24, 2.45) is 5.92 Å². The SMILES string of the molecule is Cc1[nH]c(=O)ccc1N1CN([C@@H]2CCCC[C@H]2C)c2cc(C(F)(F)F)ccc2C1=O. The maximum Gasteiger partial charge on any atom is 0.416 e. The molecule has 1 amide bonds. The summed E-state index contributed by atoms with van der Waals surface area (Å²) in [5, 5.41) is 0. The van der Waals surface area contributed by atoms with Crippen molar-refractivity contribution in [3.8, 4) is 0 Å². The Morgan fingerprint density at radius 2 is 1.77 bits per heavy atom. The first-order chi connectivity index (χ1) is 14.2. The molecule has 2 aromatic rings. The van der Waals surface area contributed by atoms with Gasteiger partial charge in [-0.1, -0.05) is 19.8 Å². The maximum atomic E-state index is 13.4. The molecule has 0 spiro atoms. The van der Waals surface area contributed by atoms with E-state index in [1.165, 1.54) is 12.1 Å². The maximum absolute atomic E-state index is 13.4. The van der Waals surface area contributed by atoms with Gasteiger partial charge in [0, 0.05) is 17.8 Å². The third-order valence-corrected chi connectivity index (χ3v) is 6.25. The minimum absolute atomic E-state index is 0.0413. The number of carbonyl (C=O) groups excluding carboxylic acids is 1. The Labute approximate surface area is 172 Å². The molecule has 4 rings (SSSR count). The lowest BCUT2D eigenvalue weighted by Crippen LogP contribution is -2.53. The number of rotatable bonds is 2. The number of nitrogens with zero attached hydrogens (tertiary/aromatic N) is 2. The van der Waals surface area contributed by atoms with E-state index >= 15 is 0 Å². The van der Waals surface area contributed by atoms with Crippen LogP contribution in [0.5, 0.6) is 0 Å². The summed E-state index contributed by atoms with van der Waals surface area (Å²) in [6, 6.07) is 6.32. The highest BCUT2D eigenvalue weighted by molar-refractivity contribution is 6.12. The van der Waals surface area contributed by atoms with Crippen molar-refractivity contribution >= 4 is 17.3 Å². The number of nitrogens with one attached hydrogen (secondary N) is 1. The van der Waals surface area contributed by atoms with Gasteiger partial charge >= 0.3 is 6.18 Å². The fraction of sp³-hybridized carbons (Fsp3) is 0.455. The highest BCUT2D eigenvalue weighted by Crippen LogP contribution is 2.40. The van der Waals surface area contributed by atoms with E-state index in [0.29, 0.717) is 23.0 Å². The largest absolute Gasteiger partial charge is 0.416 e. The lowest BCUT2D eigenvalue weighted by Gasteiger charge is -2.46. The van der Waals surface area contributed by atoms with E-state index in [1.807, 2.05) is 4.90 Å². The standard InChI is InChI=1S/C22H24F3N3O2/c1-13-5-3-4-6-17(13)27-12-28(18-9-10-20(29)26-14(18)2)21(30)16-8-7-15(11-19(16)27)22(23,24)25/h7-11,13,17H,3-6,12H2,1-2H3,(H,26,29)/t13-,17-/m1/s1. The molecule has 1 aliphatic carbocycles. The van der Waals surface area contributed by atoms with E-state index in [4.69, 9.17) is 0 Å². The van der Waals surface area contributed by atoms with Gasteiger partial charge in [-0.3, -0.25) is 14.5 Å². The number of aromatic amines is 1. The molecule has 2 atom stereocenters. The summed E-state index contributed by atoms with van der Waals surface area (Å²) in [5.41, 5.74) is 0.663.